The summed E-state index contributed by atoms with van der Waals surface area (Å²) in [7, 11) is 0. The van der Waals surface area contributed by atoms with Crippen molar-refractivity contribution >= 4 is 24.2 Å². The van der Waals surface area contributed by atoms with Crippen molar-refractivity contribution < 1.29 is 14.0 Å². The first-order valence-corrected chi connectivity index (χ1v) is 8.50. The smallest absolute Gasteiger partial charge is 0.272 e. The van der Waals surface area contributed by atoms with Gasteiger partial charge in [-0.1, -0.05) is 0 Å². The van der Waals surface area contributed by atoms with E-state index in [1.165, 1.54) is 0 Å². The van der Waals surface area contributed by atoms with Gasteiger partial charge in [-0.2, -0.15) is 5.10 Å². The van der Waals surface area contributed by atoms with Gasteiger partial charge >= 0.3 is 0 Å². The zero-order chi connectivity index (χ0) is 17.6. The van der Waals surface area contributed by atoms with Crippen LogP contribution in [0.3, 0.4) is 0 Å². The molecule has 3 rings (SSSR count). The molecule has 0 bridgehead atoms. The number of hydrogen-bond acceptors (Lipinski definition) is 5. The Kier molecular flexibility index (Phi) is 7.23. The van der Waals surface area contributed by atoms with Gasteiger partial charge in [-0.3, -0.25) is 14.3 Å². The lowest BCUT2D eigenvalue weighted by Gasteiger charge is -2.22. The molecule has 3 N–H and O–H groups in total. The van der Waals surface area contributed by atoms with Gasteiger partial charge in [0.1, 0.15) is 17.5 Å². The van der Waals surface area contributed by atoms with Crippen LogP contribution in [-0.4, -0.2) is 40.7 Å². The van der Waals surface area contributed by atoms with Crippen LogP contribution < -0.4 is 16.0 Å². The second kappa shape index (κ2) is 9.40. The molecule has 0 aliphatic carbocycles. The minimum atomic E-state index is -0.663. The molecule has 1 saturated heterocycles. The number of halogens is 1. The van der Waals surface area contributed by atoms with Gasteiger partial charge in [0.05, 0.1) is 18.8 Å². The summed E-state index contributed by atoms with van der Waals surface area (Å²) >= 11 is 0. The van der Waals surface area contributed by atoms with Gasteiger partial charge in [0.15, 0.2) is 0 Å². The largest absolute Gasteiger partial charge is 0.467 e. The topological polar surface area (TPSA) is 101 Å². The van der Waals surface area contributed by atoms with E-state index in [0.29, 0.717) is 11.5 Å². The van der Waals surface area contributed by atoms with Crippen LogP contribution in [0.1, 0.15) is 42.1 Å². The van der Waals surface area contributed by atoms with E-state index in [9.17, 15) is 9.59 Å². The SMILES string of the molecule is CC(NC(=O)c1ccn(C2CCCNC2)n1)C(=O)NCc1ccco1.Cl. The fourth-order valence-electron chi connectivity index (χ4n) is 2.80. The van der Waals surface area contributed by atoms with Gasteiger partial charge in [-0.15, -0.1) is 12.4 Å². The Morgan fingerprint density at radius 2 is 2.31 bits per heavy atom. The van der Waals surface area contributed by atoms with Crippen molar-refractivity contribution in [3.8, 4) is 0 Å². The summed E-state index contributed by atoms with van der Waals surface area (Å²) in [6, 6.07) is 4.81. The van der Waals surface area contributed by atoms with Gasteiger partial charge < -0.3 is 20.4 Å². The van der Waals surface area contributed by atoms with Crippen molar-refractivity contribution in [2.45, 2.75) is 38.4 Å². The van der Waals surface area contributed by atoms with Gasteiger partial charge in [-0.25, -0.2) is 0 Å². The van der Waals surface area contributed by atoms with Crippen molar-refractivity contribution in [2.75, 3.05) is 13.1 Å². The van der Waals surface area contributed by atoms with E-state index in [0.717, 1.165) is 25.9 Å². The summed E-state index contributed by atoms with van der Waals surface area (Å²) in [5, 5.41) is 13.1. The lowest BCUT2D eigenvalue weighted by Crippen LogP contribution is -2.44. The standard InChI is InChI=1S/C17H23N5O3.ClH/c1-12(16(23)19-11-14-5-3-9-25-14)20-17(24)15-6-8-22(21-15)13-4-2-7-18-10-13;/h3,5-6,8-9,12-13,18H,2,4,7,10-11H2,1H3,(H,19,23)(H,20,24);1H. The number of furan rings is 1. The molecule has 2 unspecified atom stereocenters. The molecular formula is C17H24ClN5O3. The van der Waals surface area contributed by atoms with Crippen molar-refractivity contribution in [3.63, 3.8) is 0 Å². The summed E-state index contributed by atoms with van der Waals surface area (Å²) < 4.78 is 6.98. The van der Waals surface area contributed by atoms with Crippen LogP contribution in [0.15, 0.2) is 35.1 Å². The number of amides is 2. The highest BCUT2D eigenvalue weighted by atomic mass is 35.5. The van der Waals surface area contributed by atoms with E-state index in [4.69, 9.17) is 4.42 Å². The fraction of sp³-hybridized carbons (Fsp3) is 0.471. The number of carbonyl (C=O) groups is 2. The van der Waals surface area contributed by atoms with Crippen molar-refractivity contribution in [2.24, 2.45) is 0 Å². The van der Waals surface area contributed by atoms with Crippen molar-refractivity contribution in [1.82, 2.24) is 25.7 Å². The van der Waals surface area contributed by atoms with Gasteiger partial charge in [0, 0.05) is 12.7 Å². The molecule has 9 heteroatoms. The van der Waals surface area contributed by atoms with Gasteiger partial charge in [0.25, 0.3) is 5.91 Å². The average Bonchev–Trinajstić information content (AvgIpc) is 3.32. The minimum Gasteiger partial charge on any atom is -0.467 e. The number of nitrogens with zero attached hydrogens (tertiary/aromatic N) is 2. The van der Waals surface area contributed by atoms with E-state index in [2.05, 4.69) is 21.0 Å². The third kappa shape index (κ3) is 5.09. The van der Waals surface area contributed by atoms with Crippen LogP contribution >= 0.6 is 12.4 Å². The highest BCUT2D eigenvalue weighted by Crippen LogP contribution is 2.15. The molecule has 2 aromatic rings. The zero-order valence-corrected chi connectivity index (χ0v) is 15.4. The molecule has 0 spiro atoms. The highest BCUT2D eigenvalue weighted by Gasteiger charge is 2.20. The number of rotatable bonds is 6. The number of aromatic nitrogens is 2. The van der Waals surface area contributed by atoms with Crippen LogP contribution in [-0.2, 0) is 11.3 Å². The Hall–Kier alpha value is -2.32. The maximum Gasteiger partial charge on any atom is 0.272 e. The number of nitrogens with one attached hydrogen (secondary N) is 3. The molecule has 26 heavy (non-hydrogen) atoms. The summed E-state index contributed by atoms with van der Waals surface area (Å²) in [6.45, 7) is 3.80. The first-order chi connectivity index (χ1) is 12.1. The first kappa shape index (κ1) is 20.0. The van der Waals surface area contributed by atoms with Gasteiger partial charge in [0.2, 0.25) is 5.91 Å². The molecule has 142 valence electrons. The molecule has 3 heterocycles. The second-order valence-electron chi connectivity index (χ2n) is 6.17. The molecular weight excluding hydrogens is 358 g/mol. The Morgan fingerprint density at radius 1 is 1.46 bits per heavy atom. The zero-order valence-electron chi connectivity index (χ0n) is 14.6. The van der Waals surface area contributed by atoms with E-state index in [1.54, 1.807) is 31.4 Å². The Labute approximate surface area is 158 Å². The van der Waals surface area contributed by atoms with E-state index in [-0.39, 0.29) is 36.8 Å². The highest BCUT2D eigenvalue weighted by molar-refractivity contribution is 5.95. The molecule has 2 atom stereocenters. The van der Waals surface area contributed by atoms with Crippen molar-refractivity contribution in [1.29, 1.82) is 0 Å². The monoisotopic (exact) mass is 381 g/mol. The Balaban J connectivity index is 0.00000243. The van der Waals surface area contributed by atoms with Crippen LogP contribution in [0.4, 0.5) is 0 Å². The molecule has 2 amide bonds. The molecule has 0 radical (unpaired) electrons. The maximum absolute atomic E-state index is 12.3. The summed E-state index contributed by atoms with van der Waals surface area (Å²) in [5.74, 6) is 0.0236. The molecule has 0 aromatic carbocycles. The second-order valence-corrected chi connectivity index (χ2v) is 6.17. The third-order valence-corrected chi connectivity index (χ3v) is 4.24. The fourth-order valence-corrected chi connectivity index (χ4v) is 2.80. The predicted octanol–water partition coefficient (Wildman–Crippen LogP) is 1.26. The number of carbonyl (C=O) groups excluding carboxylic acids is 2. The van der Waals surface area contributed by atoms with Crippen LogP contribution in [0.2, 0.25) is 0 Å². The summed E-state index contributed by atoms with van der Waals surface area (Å²) in [5.41, 5.74) is 0.316. The van der Waals surface area contributed by atoms with Crippen molar-refractivity contribution in [3.05, 3.63) is 42.1 Å². The lowest BCUT2D eigenvalue weighted by atomic mass is 10.1. The Morgan fingerprint density at radius 3 is 3.00 bits per heavy atom. The maximum atomic E-state index is 12.3. The number of hydrogen-bond donors (Lipinski definition) is 3. The summed E-state index contributed by atoms with van der Waals surface area (Å²) in [4.78, 5) is 24.3. The molecule has 1 aliphatic heterocycles. The molecule has 0 saturated carbocycles. The quantitative estimate of drug-likeness (QED) is 0.699. The normalized spacial score (nSPS) is 17.8. The van der Waals surface area contributed by atoms with E-state index in [1.807, 2.05) is 10.9 Å². The number of piperidine rings is 1. The molecule has 2 aromatic heterocycles. The average molecular weight is 382 g/mol. The molecule has 1 aliphatic rings. The van der Waals surface area contributed by atoms with Gasteiger partial charge in [-0.05, 0) is 44.5 Å². The predicted molar refractivity (Wildman–Crippen MR) is 98.1 cm³/mol. The molecule has 8 nitrogen and oxygen atoms in total. The first-order valence-electron chi connectivity index (χ1n) is 8.50. The van der Waals surface area contributed by atoms with E-state index < -0.39 is 6.04 Å². The lowest BCUT2D eigenvalue weighted by molar-refractivity contribution is -0.122. The van der Waals surface area contributed by atoms with Crippen LogP contribution in [0, 0.1) is 0 Å². The molecule has 1 fully saturated rings. The third-order valence-electron chi connectivity index (χ3n) is 4.24. The Bertz CT molecular complexity index is 710. The van der Waals surface area contributed by atoms with E-state index >= 15 is 0 Å². The summed E-state index contributed by atoms with van der Waals surface area (Å²) in [6.07, 6.45) is 5.50. The van der Waals surface area contributed by atoms with Crippen LogP contribution in [0.25, 0.3) is 0 Å². The minimum absolute atomic E-state index is 0. The van der Waals surface area contributed by atoms with Crippen LogP contribution in [0.5, 0.6) is 0 Å².